The van der Waals surface area contributed by atoms with E-state index in [4.69, 9.17) is 14.2 Å². The number of aromatic nitrogens is 3. The molecule has 0 bridgehead atoms. The Bertz CT molecular complexity index is 1630. The van der Waals surface area contributed by atoms with Crippen molar-refractivity contribution < 1.29 is 46.5 Å². The Hall–Kier alpha value is -5.14. The number of carbonyl (C=O) groups is 3. The lowest BCUT2D eigenvalue weighted by atomic mass is 10.1. The van der Waals surface area contributed by atoms with Crippen molar-refractivity contribution in [2.24, 2.45) is 0 Å². The fourth-order valence-corrected chi connectivity index (χ4v) is 3.84. The average Bonchev–Trinajstić information content (AvgIpc) is 3.39. The van der Waals surface area contributed by atoms with E-state index in [-0.39, 0.29) is 39.4 Å². The molecule has 0 spiro atoms. The average molecular weight is 558 g/mol. The number of halogens is 3. The third-order valence-corrected chi connectivity index (χ3v) is 5.78. The van der Waals surface area contributed by atoms with Crippen LogP contribution in [0, 0.1) is 0 Å². The highest BCUT2D eigenvalue weighted by molar-refractivity contribution is 6.11. The fourth-order valence-electron chi connectivity index (χ4n) is 3.84. The Kier molecular flexibility index (Phi) is 7.61. The highest BCUT2D eigenvalue weighted by Gasteiger charge is 2.36. The summed E-state index contributed by atoms with van der Waals surface area (Å²) in [5.41, 5.74) is -2.09. The second-order valence-corrected chi connectivity index (χ2v) is 8.09. The van der Waals surface area contributed by atoms with Gasteiger partial charge in [-0.1, -0.05) is 0 Å². The molecule has 0 aliphatic heterocycles. The summed E-state index contributed by atoms with van der Waals surface area (Å²) in [5, 5.41) is 6.17. The molecule has 0 fully saturated rings. The van der Waals surface area contributed by atoms with Crippen LogP contribution in [0.25, 0.3) is 16.9 Å². The van der Waals surface area contributed by atoms with Crippen molar-refractivity contribution in [3.8, 4) is 22.8 Å². The quantitative estimate of drug-likeness (QED) is 0.331. The SMILES string of the molecule is COC(=O)c1ccc(C(=O)OC)c(NC(=O)c2cnn3c(C(F)(F)F)cc(-c4ccc(OC)c(OC)c4)nc23)c1. The van der Waals surface area contributed by atoms with Crippen molar-refractivity contribution in [2.45, 2.75) is 6.18 Å². The molecule has 0 aliphatic rings. The number of anilines is 1. The first-order chi connectivity index (χ1) is 19.0. The van der Waals surface area contributed by atoms with E-state index in [0.29, 0.717) is 10.3 Å². The number of nitrogens with one attached hydrogen (secondary N) is 1. The highest BCUT2D eigenvalue weighted by atomic mass is 19.4. The van der Waals surface area contributed by atoms with Gasteiger partial charge >= 0.3 is 18.1 Å². The van der Waals surface area contributed by atoms with E-state index in [1.165, 1.54) is 50.6 Å². The van der Waals surface area contributed by atoms with E-state index < -0.39 is 35.4 Å². The first-order valence-electron chi connectivity index (χ1n) is 11.3. The molecule has 2 aromatic heterocycles. The number of rotatable bonds is 7. The number of methoxy groups -OCH3 is 4. The standard InChI is InChI=1S/C26H21F3N4O7/c1-37-19-8-6-13(10-20(19)38-2)17-11-21(26(27,28)29)33-22(31-17)16(12-30-33)23(34)32-18-9-14(24(35)39-3)5-7-15(18)25(36)40-4/h5-12H,1-4H3,(H,32,34). The van der Waals surface area contributed by atoms with Gasteiger partial charge in [0.25, 0.3) is 5.91 Å². The van der Waals surface area contributed by atoms with E-state index in [2.05, 4.69) is 20.1 Å². The van der Waals surface area contributed by atoms with Gasteiger partial charge in [0.05, 0.1) is 57.1 Å². The van der Waals surface area contributed by atoms with Crippen molar-refractivity contribution in [1.29, 1.82) is 0 Å². The third kappa shape index (κ3) is 5.23. The van der Waals surface area contributed by atoms with E-state index in [9.17, 15) is 27.6 Å². The van der Waals surface area contributed by atoms with Gasteiger partial charge in [-0.15, -0.1) is 0 Å². The van der Waals surface area contributed by atoms with Gasteiger partial charge in [-0.2, -0.15) is 18.3 Å². The molecule has 1 amide bonds. The molecular weight excluding hydrogens is 537 g/mol. The summed E-state index contributed by atoms with van der Waals surface area (Å²) in [5.74, 6) is -1.93. The Labute approximate surface area is 224 Å². The first-order valence-corrected chi connectivity index (χ1v) is 11.3. The summed E-state index contributed by atoms with van der Waals surface area (Å²) < 4.78 is 62.4. The van der Waals surface area contributed by atoms with Crippen LogP contribution >= 0.6 is 0 Å². The molecule has 0 unspecified atom stereocenters. The van der Waals surface area contributed by atoms with Crippen LogP contribution in [-0.4, -0.2) is 60.9 Å². The third-order valence-electron chi connectivity index (χ3n) is 5.78. The zero-order chi connectivity index (χ0) is 29.2. The summed E-state index contributed by atoms with van der Waals surface area (Å²) >= 11 is 0. The van der Waals surface area contributed by atoms with Crippen LogP contribution in [0.1, 0.15) is 36.8 Å². The Balaban J connectivity index is 1.85. The maximum absolute atomic E-state index is 14.0. The molecule has 0 aliphatic carbocycles. The normalized spacial score (nSPS) is 11.2. The van der Waals surface area contributed by atoms with E-state index >= 15 is 0 Å². The van der Waals surface area contributed by atoms with Gasteiger partial charge in [0, 0.05) is 5.56 Å². The molecule has 14 heteroatoms. The van der Waals surface area contributed by atoms with Gasteiger partial charge in [-0.25, -0.2) is 19.1 Å². The molecule has 0 atom stereocenters. The zero-order valence-electron chi connectivity index (χ0n) is 21.5. The van der Waals surface area contributed by atoms with E-state index in [0.717, 1.165) is 26.5 Å². The second-order valence-electron chi connectivity index (χ2n) is 8.09. The molecule has 0 saturated carbocycles. The van der Waals surface area contributed by atoms with Crippen LogP contribution in [0.15, 0.2) is 48.7 Å². The molecule has 0 radical (unpaired) electrons. The van der Waals surface area contributed by atoms with Crippen LogP contribution in [0.3, 0.4) is 0 Å². The summed E-state index contributed by atoms with van der Waals surface area (Å²) in [6.45, 7) is 0. The molecule has 40 heavy (non-hydrogen) atoms. The number of carbonyl (C=O) groups excluding carboxylic acids is 3. The molecule has 0 saturated heterocycles. The van der Waals surface area contributed by atoms with Crippen LogP contribution in [-0.2, 0) is 15.7 Å². The summed E-state index contributed by atoms with van der Waals surface area (Å²) in [6, 6.07) is 8.91. The number of hydrogen-bond donors (Lipinski definition) is 1. The molecular formula is C26H21F3N4O7. The molecule has 4 rings (SSSR count). The van der Waals surface area contributed by atoms with Crippen molar-refractivity contribution in [1.82, 2.24) is 14.6 Å². The molecule has 11 nitrogen and oxygen atoms in total. The van der Waals surface area contributed by atoms with E-state index in [1.54, 1.807) is 0 Å². The largest absolute Gasteiger partial charge is 0.493 e. The Morgan fingerprint density at radius 3 is 2.17 bits per heavy atom. The van der Waals surface area contributed by atoms with Gasteiger partial charge in [-0.3, -0.25) is 4.79 Å². The molecule has 208 valence electrons. The predicted octanol–water partition coefficient (Wildman–Crippen LogP) is 4.26. The van der Waals surface area contributed by atoms with Gasteiger partial charge in [0.1, 0.15) is 5.56 Å². The van der Waals surface area contributed by atoms with Crippen molar-refractivity contribution in [2.75, 3.05) is 33.8 Å². The van der Waals surface area contributed by atoms with E-state index in [1.807, 2.05) is 0 Å². The van der Waals surface area contributed by atoms with Crippen LogP contribution in [0.5, 0.6) is 11.5 Å². The Morgan fingerprint density at radius 1 is 0.850 bits per heavy atom. The first kappa shape index (κ1) is 27.9. The van der Waals surface area contributed by atoms with Crippen molar-refractivity contribution in [3.05, 3.63) is 71.0 Å². The lowest BCUT2D eigenvalue weighted by Gasteiger charge is -2.14. The summed E-state index contributed by atoms with van der Waals surface area (Å²) in [7, 11) is 5.04. The fraction of sp³-hybridized carbons (Fsp3) is 0.192. The summed E-state index contributed by atoms with van der Waals surface area (Å²) in [4.78, 5) is 41.8. The summed E-state index contributed by atoms with van der Waals surface area (Å²) in [6.07, 6.45) is -3.95. The monoisotopic (exact) mass is 558 g/mol. The maximum Gasteiger partial charge on any atom is 0.433 e. The smallest absolute Gasteiger partial charge is 0.433 e. The molecule has 1 N–H and O–H groups in total. The minimum absolute atomic E-state index is 0.00135. The second kappa shape index (κ2) is 10.9. The number of amides is 1. The van der Waals surface area contributed by atoms with Gasteiger partial charge in [-0.05, 0) is 42.5 Å². The number of esters is 2. The van der Waals surface area contributed by atoms with Crippen molar-refractivity contribution in [3.63, 3.8) is 0 Å². The zero-order valence-corrected chi connectivity index (χ0v) is 21.5. The molecule has 2 aromatic carbocycles. The number of fused-ring (bicyclic) bond motifs is 1. The van der Waals surface area contributed by atoms with Gasteiger partial charge in [0.15, 0.2) is 22.8 Å². The van der Waals surface area contributed by atoms with Gasteiger partial charge < -0.3 is 24.3 Å². The molecule has 4 aromatic rings. The number of ether oxygens (including phenoxy) is 4. The molecule has 2 heterocycles. The van der Waals surface area contributed by atoms with Crippen molar-refractivity contribution >= 4 is 29.2 Å². The van der Waals surface area contributed by atoms with Crippen LogP contribution < -0.4 is 14.8 Å². The topological polar surface area (TPSA) is 130 Å². The minimum atomic E-state index is -4.86. The maximum atomic E-state index is 14.0. The number of nitrogens with zero attached hydrogens (tertiary/aromatic N) is 3. The predicted molar refractivity (Wildman–Crippen MR) is 134 cm³/mol. The number of benzene rings is 2. The highest BCUT2D eigenvalue weighted by Crippen LogP contribution is 2.36. The number of alkyl halides is 3. The minimum Gasteiger partial charge on any atom is -0.493 e. The Morgan fingerprint density at radius 2 is 1.55 bits per heavy atom. The van der Waals surface area contributed by atoms with Crippen LogP contribution in [0.4, 0.5) is 18.9 Å². The van der Waals surface area contributed by atoms with Crippen LogP contribution in [0.2, 0.25) is 0 Å². The lowest BCUT2D eigenvalue weighted by Crippen LogP contribution is -2.18. The lowest BCUT2D eigenvalue weighted by molar-refractivity contribution is -0.142. The number of hydrogen-bond acceptors (Lipinski definition) is 9. The van der Waals surface area contributed by atoms with Gasteiger partial charge in [0.2, 0.25) is 0 Å².